The number of carbonyl (C=O) groups excluding carboxylic acids is 1. The number of hydrogen-bond acceptors (Lipinski definition) is 3. The number of amides is 1. The zero-order chi connectivity index (χ0) is 18.6. The number of nitro benzene ring substituents is 1. The van der Waals surface area contributed by atoms with Crippen LogP contribution < -0.4 is 0 Å². The van der Waals surface area contributed by atoms with Crippen LogP contribution >= 0.6 is 11.6 Å². The molecule has 0 aliphatic rings. The maximum Gasteiger partial charge on any atom is 0.288 e. The van der Waals surface area contributed by atoms with E-state index in [2.05, 4.69) is 0 Å². The summed E-state index contributed by atoms with van der Waals surface area (Å²) in [6.07, 6.45) is 2.59. The maximum absolute atomic E-state index is 13.6. The highest BCUT2D eigenvalue weighted by Gasteiger charge is 2.13. The summed E-state index contributed by atoms with van der Waals surface area (Å²) >= 11 is 5.72. The van der Waals surface area contributed by atoms with Crippen LogP contribution in [0.3, 0.4) is 0 Å². The first-order valence-electron chi connectivity index (χ1n) is 7.09. The van der Waals surface area contributed by atoms with Gasteiger partial charge in [-0.3, -0.25) is 14.9 Å². The van der Waals surface area contributed by atoms with Gasteiger partial charge in [0.1, 0.15) is 16.7 Å². The Balaban J connectivity index is 2.09. The Bertz CT molecular complexity index is 856. The predicted octanol–water partition coefficient (Wildman–Crippen LogP) is 4.20. The van der Waals surface area contributed by atoms with Gasteiger partial charge in [0.15, 0.2) is 0 Å². The highest BCUT2D eigenvalue weighted by molar-refractivity contribution is 6.32. The van der Waals surface area contributed by atoms with Gasteiger partial charge < -0.3 is 4.90 Å². The van der Waals surface area contributed by atoms with Crippen LogP contribution in [0.25, 0.3) is 6.08 Å². The zero-order valence-electron chi connectivity index (χ0n) is 13.1. The van der Waals surface area contributed by atoms with Crippen molar-refractivity contribution in [3.63, 3.8) is 0 Å². The fourth-order valence-electron chi connectivity index (χ4n) is 2.05. The van der Waals surface area contributed by atoms with E-state index in [-0.39, 0.29) is 22.8 Å². The minimum absolute atomic E-state index is 0.00243. The van der Waals surface area contributed by atoms with Gasteiger partial charge in [-0.2, -0.15) is 0 Å². The van der Waals surface area contributed by atoms with Crippen LogP contribution in [0.4, 0.5) is 14.5 Å². The van der Waals surface area contributed by atoms with Crippen molar-refractivity contribution < 1.29 is 18.5 Å². The lowest BCUT2D eigenvalue weighted by Crippen LogP contribution is -2.24. The summed E-state index contributed by atoms with van der Waals surface area (Å²) in [7, 11) is 1.46. The molecule has 2 rings (SSSR count). The lowest BCUT2D eigenvalue weighted by Gasteiger charge is -2.15. The Morgan fingerprint density at radius 3 is 2.64 bits per heavy atom. The SMILES string of the molecule is CN(Cc1ccc(F)cc1F)C(=O)C=Cc1ccc(Cl)c([N+](=O)[O-])c1. The van der Waals surface area contributed by atoms with Crippen LogP contribution in [0.15, 0.2) is 42.5 Å². The average Bonchev–Trinajstić information content (AvgIpc) is 2.56. The molecular weight excluding hydrogens is 354 g/mol. The van der Waals surface area contributed by atoms with Crippen molar-refractivity contribution in [1.29, 1.82) is 0 Å². The van der Waals surface area contributed by atoms with Crippen LogP contribution in [-0.2, 0) is 11.3 Å². The first-order valence-corrected chi connectivity index (χ1v) is 7.47. The summed E-state index contributed by atoms with van der Waals surface area (Å²) < 4.78 is 26.5. The molecule has 8 heteroatoms. The Hall–Kier alpha value is -2.80. The summed E-state index contributed by atoms with van der Waals surface area (Å²) in [5, 5.41) is 10.8. The van der Waals surface area contributed by atoms with Crippen molar-refractivity contribution in [3.8, 4) is 0 Å². The van der Waals surface area contributed by atoms with Crippen LogP contribution in [0.2, 0.25) is 5.02 Å². The second-order valence-corrected chi connectivity index (χ2v) is 5.64. The number of rotatable bonds is 5. The smallest absolute Gasteiger partial charge is 0.288 e. The topological polar surface area (TPSA) is 63.5 Å². The molecule has 0 aromatic heterocycles. The molecular formula is C17H13ClF2N2O3. The summed E-state index contributed by atoms with van der Waals surface area (Å²) in [5.74, 6) is -1.88. The third-order valence-electron chi connectivity index (χ3n) is 3.38. The molecule has 2 aromatic carbocycles. The summed E-state index contributed by atoms with van der Waals surface area (Å²) in [5.41, 5.74) is 0.330. The first kappa shape index (κ1) is 18.5. The van der Waals surface area contributed by atoms with E-state index >= 15 is 0 Å². The van der Waals surface area contributed by atoms with E-state index in [1.807, 2.05) is 0 Å². The molecule has 0 spiro atoms. The molecule has 0 bridgehead atoms. The minimum Gasteiger partial charge on any atom is -0.338 e. The molecule has 0 unspecified atom stereocenters. The molecule has 2 aromatic rings. The molecule has 0 N–H and O–H groups in total. The lowest BCUT2D eigenvalue weighted by atomic mass is 10.1. The maximum atomic E-state index is 13.6. The molecule has 5 nitrogen and oxygen atoms in total. The molecule has 0 aliphatic carbocycles. The number of nitro groups is 1. The van der Waals surface area contributed by atoms with E-state index in [0.29, 0.717) is 5.56 Å². The average molecular weight is 367 g/mol. The molecule has 0 saturated carbocycles. The fourth-order valence-corrected chi connectivity index (χ4v) is 2.24. The van der Waals surface area contributed by atoms with Crippen molar-refractivity contribution in [3.05, 3.63) is 80.4 Å². The molecule has 0 saturated heterocycles. The third-order valence-corrected chi connectivity index (χ3v) is 3.70. The van der Waals surface area contributed by atoms with Crippen LogP contribution in [0, 0.1) is 21.7 Å². The number of nitrogens with zero attached hydrogens (tertiary/aromatic N) is 2. The second-order valence-electron chi connectivity index (χ2n) is 5.23. The van der Waals surface area contributed by atoms with Crippen LogP contribution in [0.5, 0.6) is 0 Å². The number of hydrogen-bond donors (Lipinski definition) is 0. The molecule has 0 heterocycles. The fraction of sp³-hybridized carbons (Fsp3) is 0.118. The van der Waals surface area contributed by atoms with Gasteiger partial charge >= 0.3 is 0 Å². The Kier molecular flexibility index (Phi) is 5.82. The molecule has 0 atom stereocenters. The number of carbonyl (C=O) groups is 1. The number of likely N-dealkylation sites (N-methyl/N-ethyl adjacent to an activating group) is 1. The molecule has 25 heavy (non-hydrogen) atoms. The summed E-state index contributed by atoms with van der Waals surface area (Å²) in [4.78, 5) is 23.5. The van der Waals surface area contributed by atoms with E-state index in [4.69, 9.17) is 11.6 Å². The second kappa shape index (κ2) is 7.85. The standard InChI is InChI=1S/C17H13ClF2N2O3/c1-21(10-12-4-5-13(19)9-15(12)20)17(23)7-3-11-2-6-14(18)16(8-11)22(24)25/h2-9H,10H2,1H3. The molecule has 130 valence electrons. The summed E-state index contributed by atoms with van der Waals surface area (Å²) in [6, 6.07) is 7.25. The van der Waals surface area contributed by atoms with E-state index in [9.17, 15) is 23.7 Å². The summed E-state index contributed by atoms with van der Waals surface area (Å²) in [6.45, 7) is -0.0456. The van der Waals surface area contributed by atoms with Gasteiger partial charge in [0.05, 0.1) is 4.92 Å². The minimum atomic E-state index is -0.739. The first-order chi connectivity index (χ1) is 11.8. The Morgan fingerprint density at radius 2 is 2.00 bits per heavy atom. The highest BCUT2D eigenvalue weighted by Crippen LogP contribution is 2.25. The van der Waals surface area contributed by atoms with Crippen molar-refractivity contribution in [2.75, 3.05) is 7.05 Å². The predicted molar refractivity (Wildman–Crippen MR) is 90.0 cm³/mol. The molecule has 1 amide bonds. The van der Waals surface area contributed by atoms with Crippen molar-refractivity contribution in [2.45, 2.75) is 6.54 Å². The van der Waals surface area contributed by atoms with Gasteiger partial charge in [0, 0.05) is 37.4 Å². The van der Waals surface area contributed by atoms with Gasteiger partial charge in [0.25, 0.3) is 5.69 Å². The highest BCUT2D eigenvalue weighted by atomic mass is 35.5. The molecule has 0 fully saturated rings. The molecule has 0 aliphatic heterocycles. The quantitative estimate of drug-likeness (QED) is 0.452. The van der Waals surface area contributed by atoms with E-state index < -0.39 is 22.5 Å². The van der Waals surface area contributed by atoms with E-state index in [1.54, 1.807) is 0 Å². The van der Waals surface area contributed by atoms with Gasteiger partial charge in [-0.1, -0.05) is 23.7 Å². The lowest BCUT2D eigenvalue weighted by molar-refractivity contribution is -0.384. The zero-order valence-corrected chi connectivity index (χ0v) is 13.8. The van der Waals surface area contributed by atoms with Crippen LogP contribution in [0.1, 0.15) is 11.1 Å². The van der Waals surface area contributed by atoms with E-state index in [0.717, 1.165) is 12.1 Å². The monoisotopic (exact) mass is 366 g/mol. The van der Waals surface area contributed by atoms with Crippen molar-refractivity contribution in [2.24, 2.45) is 0 Å². The third kappa shape index (κ3) is 4.84. The number of halogens is 3. The van der Waals surface area contributed by atoms with E-state index in [1.165, 1.54) is 48.4 Å². The van der Waals surface area contributed by atoms with Gasteiger partial charge in [0.2, 0.25) is 5.91 Å². The van der Waals surface area contributed by atoms with Gasteiger partial charge in [-0.25, -0.2) is 8.78 Å². The molecule has 0 radical (unpaired) electrons. The van der Waals surface area contributed by atoms with Crippen molar-refractivity contribution >= 4 is 29.3 Å². The van der Waals surface area contributed by atoms with Gasteiger partial charge in [-0.15, -0.1) is 0 Å². The largest absolute Gasteiger partial charge is 0.338 e. The van der Waals surface area contributed by atoms with Crippen LogP contribution in [-0.4, -0.2) is 22.8 Å². The normalized spacial score (nSPS) is 10.9. The van der Waals surface area contributed by atoms with Gasteiger partial charge in [-0.05, 0) is 23.8 Å². The number of benzene rings is 2. The Morgan fingerprint density at radius 1 is 1.28 bits per heavy atom. The van der Waals surface area contributed by atoms with Crippen molar-refractivity contribution in [1.82, 2.24) is 4.90 Å². The Labute approximate surface area is 147 Å².